The molecule has 102 valence electrons. The Kier molecular flexibility index (Phi) is 3.22. The Hall–Kier alpha value is -1.53. The summed E-state index contributed by atoms with van der Waals surface area (Å²) in [5.74, 6) is -0.0835. The number of rotatable bonds is 1. The Morgan fingerprint density at radius 3 is 2.65 bits per heavy atom. The van der Waals surface area contributed by atoms with Crippen LogP contribution in [0.15, 0.2) is 22.7 Å². The van der Waals surface area contributed by atoms with Gasteiger partial charge in [0.2, 0.25) is 0 Å². The zero-order valence-electron chi connectivity index (χ0n) is 10.7. The van der Waals surface area contributed by atoms with Crippen molar-refractivity contribution in [3.8, 4) is 11.4 Å². The van der Waals surface area contributed by atoms with Crippen LogP contribution in [0, 0.1) is 19.7 Å². The van der Waals surface area contributed by atoms with Crippen molar-refractivity contribution in [2.24, 2.45) is 0 Å². The van der Waals surface area contributed by atoms with Crippen molar-refractivity contribution in [2.75, 3.05) is 0 Å². The molecule has 3 rings (SSSR count). The summed E-state index contributed by atoms with van der Waals surface area (Å²) < 4.78 is 16.1. The van der Waals surface area contributed by atoms with Crippen LogP contribution in [0.25, 0.3) is 17.0 Å². The first-order valence-corrected chi connectivity index (χ1v) is 7.00. The molecule has 1 aromatic carbocycles. The summed E-state index contributed by atoms with van der Waals surface area (Å²) in [5, 5.41) is 12.7. The van der Waals surface area contributed by atoms with E-state index in [2.05, 4.69) is 31.2 Å². The normalized spacial score (nSPS) is 11.2. The van der Waals surface area contributed by atoms with Crippen molar-refractivity contribution in [3.05, 3.63) is 44.8 Å². The lowest BCUT2D eigenvalue weighted by Crippen LogP contribution is -2.01. The first kappa shape index (κ1) is 13.5. The van der Waals surface area contributed by atoms with Gasteiger partial charge in [0.1, 0.15) is 5.82 Å². The molecule has 0 saturated carbocycles. The molecule has 0 aliphatic carbocycles. The molecule has 0 saturated heterocycles. The maximum atomic E-state index is 14.1. The molecule has 0 fully saturated rings. The molecule has 20 heavy (non-hydrogen) atoms. The molecular formula is C13H9BrClFN4. The summed E-state index contributed by atoms with van der Waals surface area (Å²) in [5.41, 5.74) is 2.59. The van der Waals surface area contributed by atoms with Crippen LogP contribution in [0.2, 0.25) is 5.15 Å². The summed E-state index contributed by atoms with van der Waals surface area (Å²) >= 11 is 9.42. The van der Waals surface area contributed by atoms with E-state index in [-0.39, 0.29) is 0 Å². The molecule has 0 unspecified atom stereocenters. The van der Waals surface area contributed by atoms with E-state index in [1.807, 2.05) is 13.8 Å². The van der Waals surface area contributed by atoms with Crippen LogP contribution in [0.3, 0.4) is 0 Å². The minimum atomic E-state index is -0.398. The van der Waals surface area contributed by atoms with Gasteiger partial charge in [-0.25, -0.2) is 4.39 Å². The fraction of sp³-hybridized carbons (Fsp3) is 0.154. The third-order valence-electron chi connectivity index (χ3n) is 3.22. The molecule has 7 heteroatoms. The molecule has 3 aromatic rings. The summed E-state index contributed by atoms with van der Waals surface area (Å²) in [6, 6.07) is 4.72. The van der Waals surface area contributed by atoms with Gasteiger partial charge in [0.25, 0.3) is 0 Å². The molecule has 0 amide bonds. The van der Waals surface area contributed by atoms with E-state index in [0.29, 0.717) is 26.7 Å². The Balaban J connectivity index is 2.39. The van der Waals surface area contributed by atoms with Gasteiger partial charge in [0.15, 0.2) is 16.6 Å². The second-order valence-corrected chi connectivity index (χ2v) is 5.61. The quantitative estimate of drug-likeness (QED) is 0.663. The summed E-state index contributed by atoms with van der Waals surface area (Å²) in [6.07, 6.45) is 0. The van der Waals surface area contributed by atoms with E-state index in [9.17, 15) is 4.39 Å². The van der Waals surface area contributed by atoms with E-state index in [0.717, 1.165) is 11.1 Å². The minimum absolute atomic E-state index is 0.312. The van der Waals surface area contributed by atoms with Crippen LogP contribution in [-0.2, 0) is 0 Å². The maximum Gasteiger partial charge on any atom is 0.189 e. The smallest absolute Gasteiger partial charge is 0.189 e. The summed E-state index contributed by atoms with van der Waals surface area (Å²) in [4.78, 5) is 0. The van der Waals surface area contributed by atoms with Gasteiger partial charge in [0.05, 0.1) is 5.56 Å². The maximum absolute atomic E-state index is 14.1. The molecule has 2 aromatic heterocycles. The second kappa shape index (κ2) is 4.79. The van der Waals surface area contributed by atoms with E-state index in [4.69, 9.17) is 11.6 Å². The van der Waals surface area contributed by atoms with Gasteiger partial charge in [-0.3, -0.25) is 0 Å². The predicted octanol–water partition coefficient (Wildman–Crippen LogP) is 3.96. The number of nitrogens with zero attached hydrogens (tertiary/aromatic N) is 4. The Morgan fingerprint density at radius 1 is 1.20 bits per heavy atom. The molecule has 0 atom stereocenters. The highest BCUT2D eigenvalue weighted by Crippen LogP contribution is 2.30. The second-order valence-electron chi connectivity index (χ2n) is 4.40. The van der Waals surface area contributed by atoms with E-state index in [1.54, 1.807) is 12.1 Å². The van der Waals surface area contributed by atoms with Gasteiger partial charge < -0.3 is 0 Å². The number of aryl methyl sites for hydroxylation is 1. The molecular weight excluding hydrogens is 347 g/mol. The lowest BCUT2D eigenvalue weighted by molar-refractivity contribution is 0.628. The highest BCUT2D eigenvalue weighted by atomic mass is 79.9. The highest BCUT2D eigenvalue weighted by molar-refractivity contribution is 9.10. The monoisotopic (exact) mass is 354 g/mol. The number of hydrogen-bond acceptors (Lipinski definition) is 3. The fourth-order valence-corrected chi connectivity index (χ4v) is 2.70. The Morgan fingerprint density at radius 2 is 1.95 bits per heavy atom. The zero-order valence-corrected chi connectivity index (χ0v) is 13.0. The Labute approximate surface area is 127 Å². The average Bonchev–Trinajstić information content (AvgIpc) is 2.80. The number of fused-ring (bicyclic) bond motifs is 1. The summed E-state index contributed by atoms with van der Waals surface area (Å²) in [6.45, 7) is 3.74. The van der Waals surface area contributed by atoms with Crippen LogP contribution in [-0.4, -0.2) is 19.8 Å². The van der Waals surface area contributed by atoms with E-state index >= 15 is 0 Å². The third kappa shape index (κ3) is 1.91. The van der Waals surface area contributed by atoms with Crippen LogP contribution < -0.4 is 0 Å². The van der Waals surface area contributed by atoms with Crippen molar-refractivity contribution in [1.29, 1.82) is 0 Å². The van der Waals surface area contributed by atoms with Crippen molar-refractivity contribution in [1.82, 2.24) is 19.8 Å². The topological polar surface area (TPSA) is 43.1 Å². The van der Waals surface area contributed by atoms with Crippen molar-refractivity contribution >= 4 is 33.2 Å². The number of halogens is 3. The molecule has 0 radical (unpaired) electrons. The van der Waals surface area contributed by atoms with Crippen molar-refractivity contribution in [2.45, 2.75) is 13.8 Å². The van der Waals surface area contributed by atoms with Crippen LogP contribution in [0.1, 0.15) is 11.1 Å². The molecule has 4 nitrogen and oxygen atoms in total. The molecule has 0 bridgehead atoms. The van der Waals surface area contributed by atoms with Crippen molar-refractivity contribution in [3.63, 3.8) is 0 Å². The number of benzene rings is 1. The van der Waals surface area contributed by atoms with E-state index < -0.39 is 5.82 Å². The van der Waals surface area contributed by atoms with Gasteiger partial charge in [-0.1, -0.05) is 17.7 Å². The van der Waals surface area contributed by atoms with Crippen LogP contribution in [0.5, 0.6) is 0 Å². The molecule has 0 aliphatic rings. The zero-order chi connectivity index (χ0) is 14.4. The number of hydrogen-bond donors (Lipinski definition) is 0. The minimum Gasteiger partial charge on any atom is -0.206 e. The number of aromatic nitrogens is 4. The lowest BCUT2D eigenvalue weighted by atomic mass is 10.2. The van der Waals surface area contributed by atoms with Gasteiger partial charge >= 0.3 is 0 Å². The Bertz CT molecular complexity index is 811. The van der Waals surface area contributed by atoms with Gasteiger partial charge in [-0.15, -0.1) is 10.2 Å². The molecule has 2 heterocycles. The van der Waals surface area contributed by atoms with Crippen LogP contribution >= 0.6 is 27.5 Å². The average molecular weight is 356 g/mol. The van der Waals surface area contributed by atoms with E-state index in [1.165, 1.54) is 10.6 Å². The first-order chi connectivity index (χ1) is 9.50. The first-order valence-electron chi connectivity index (χ1n) is 5.83. The van der Waals surface area contributed by atoms with Crippen LogP contribution in [0.4, 0.5) is 4.39 Å². The lowest BCUT2D eigenvalue weighted by Gasteiger charge is -2.06. The molecule has 0 N–H and O–H groups in total. The summed E-state index contributed by atoms with van der Waals surface area (Å²) in [7, 11) is 0. The highest BCUT2D eigenvalue weighted by Gasteiger charge is 2.19. The SMILES string of the molecule is Cc1c(Cl)nn2c(-c3c(F)cccc3Br)nnc2c1C. The standard InChI is InChI=1S/C13H9BrClFN4/c1-6-7(2)12-17-18-13(20(12)19-11(6)15)10-8(14)4-3-5-9(10)16/h3-5H,1-2H3. The van der Waals surface area contributed by atoms with Gasteiger partial charge in [-0.05, 0) is 47.5 Å². The molecule has 0 spiro atoms. The fourth-order valence-electron chi connectivity index (χ4n) is 1.96. The molecule has 0 aliphatic heterocycles. The van der Waals surface area contributed by atoms with Crippen molar-refractivity contribution < 1.29 is 4.39 Å². The third-order valence-corrected chi connectivity index (χ3v) is 4.24. The largest absolute Gasteiger partial charge is 0.206 e. The van der Waals surface area contributed by atoms with Gasteiger partial charge in [-0.2, -0.15) is 9.61 Å². The predicted molar refractivity (Wildman–Crippen MR) is 78.4 cm³/mol. The van der Waals surface area contributed by atoms with Gasteiger partial charge in [0, 0.05) is 10.0 Å².